The molecule has 2 unspecified atom stereocenters. The van der Waals surface area contributed by atoms with Gasteiger partial charge in [-0.25, -0.2) is 0 Å². The Bertz CT molecular complexity index is 108. The van der Waals surface area contributed by atoms with E-state index in [4.69, 9.17) is 15.4 Å². The van der Waals surface area contributed by atoms with E-state index < -0.39 is 11.8 Å². The summed E-state index contributed by atoms with van der Waals surface area (Å²) in [5, 5.41) is 26.5. The van der Waals surface area contributed by atoms with Gasteiger partial charge in [-0.1, -0.05) is 0 Å². The standard InChI is InChI=1S/C5H11NO3/c7-4-2-1-3-5(4,8)6-9/h4,6-9H,1-3H2. The minimum Gasteiger partial charge on any atom is -0.389 e. The molecule has 0 spiro atoms. The lowest BCUT2D eigenvalue weighted by Crippen LogP contribution is -2.49. The summed E-state index contributed by atoms with van der Waals surface area (Å²) in [6, 6.07) is 0. The molecule has 54 valence electrons. The van der Waals surface area contributed by atoms with Gasteiger partial charge >= 0.3 is 0 Å². The molecule has 0 aromatic rings. The average molecular weight is 133 g/mol. The van der Waals surface area contributed by atoms with Gasteiger partial charge in [0.05, 0.1) is 6.10 Å². The van der Waals surface area contributed by atoms with Crippen molar-refractivity contribution < 1.29 is 15.4 Å². The quantitative estimate of drug-likeness (QED) is 0.279. The molecule has 1 saturated carbocycles. The average Bonchev–Trinajstić information content (AvgIpc) is 2.15. The maximum atomic E-state index is 9.16. The number of hydrogen-bond acceptors (Lipinski definition) is 4. The third-order valence-electron chi connectivity index (χ3n) is 1.78. The van der Waals surface area contributed by atoms with Crippen LogP contribution in [0.2, 0.25) is 0 Å². The second kappa shape index (κ2) is 2.22. The van der Waals surface area contributed by atoms with E-state index in [0.29, 0.717) is 12.8 Å². The first-order valence-corrected chi connectivity index (χ1v) is 3.01. The Hall–Kier alpha value is -0.160. The van der Waals surface area contributed by atoms with E-state index in [-0.39, 0.29) is 0 Å². The van der Waals surface area contributed by atoms with Gasteiger partial charge in [0.1, 0.15) is 0 Å². The molecule has 4 nitrogen and oxygen atoms in total. The van der Waals surface area contributed by atoms with Gasteiger partial charge in [0.25, 0.3) is 0 Å². The molecule has 1 aliphatic rings. The SMILES string of the molecule is ONC1(O)CCCC1O. The summed E-state index contributed by atoms with van der Waals surface area (Å²) >= 11 is 0. The first kappa shape index (κ1) is 6.95. The van der Waals surface area contributed by atoms with Crippen LogP contribution in [0.15, 0.2) is 0 Å². The number of hydroxylamine groups is 1. The van der Waals surface area contributed by atoms with Gasteiger partial charge in [-0.05, 0) is 19.3 Å². The Kier molecular flexibility index (Phi) is 1.72. The van der Waals surface area contributed by atoms with E-state index in [1.54, 1.807) is 5.48 Å². The van der Waals surface area contributed by atoms with Crippen LogP contribution in [0.4, 0.5) is 0 Å². The van der Waals surface area contributed by atoms with Crippen LogP contribution in [0.5, 0.6) is 0 Å². The summed E-state index contributed by atoms with van der Waals surface area (Å²) in [5.41, 5.74) is 0.251. The molecular weight excluding hydrogens is 122 g/mol. The van der Waals surface area contributed by atoms with Crippen LogP contribution in [0, 0.1) is 0 Å². The maximum Gasteiger partial charge on any atom is 0.163 e. The molecule has 0 aromatic heterocycles. The molecule has 1 fully saturated rings. The minimum atomic E-state index is -1.44. The monoisotopic (exact) mass is 133 g/mol. The Labute approximate surface area is 53.1 Å². The van der Waals surface area contributed by atoms with Crippen molar-refractivity contribution in [2.45, 2.75) is 31.1 Å². The van der Waals surface area contributed by atoms with E-state index in [0.717, 1.165) is 6.42 Å². The zero-order valence-corrected chi connectivity index (χ0v) is 5.04. The number of aliphatic hydroxyl groups excluding tert-OH is 1. The van der Waals surface area contributed by atoms with Crippen molar-refractivity contribution in [3.8, 4) is 0 Å². The van der Waals surface area contributed by atoms with Gasteiger partial charge < -0.3 is 15.4 Å². The second-order valence-electron chi connectivity index (χ2n) is 2.44. The normalized spacial score (nSPS) is 43.7. The van der Waals surface area contributed by atoms with Crippen LogP contribution in [-0.4, -0.2) is 27.2 Å². The van der Waals surface area contributed by atoms with Crippen LogP contribution in [-0.2, 0) is 0 Å². The molecule has 0 amide bonds. The number of rotatable bonds is 1. The van der Waals surface area contributed by atoms with Gasteiger partial charge in [0.15, 0.2) is 5.72 Å². The summed E-state index contributed by atoms with van der Waals surface area (Å²) in [5.74, 6) is 0. The molecule has 2 atom stereocenters. The van der Waals surface area contributed by atoms with Crippen molar-refractivity contribution in [2.24, 2.45) is 0 Å². The highest BCUT2D eigenvalue weighted by Gasteiger charge is 2.39. The largest absolute Gasteiger partial charge is 0.389 e. The Morgan fingerprint density at radius 1 is 1.56 bits per heavy atom. The molecule has 1 aliphatic carbocycles. The highest BCUT2D eigenvalue weighted by molar-refractivity contribution is 4.87. The molecule has 4 heteroatoms. The van der Waals surface area contributed by atoms with E-state index in [1.807, 2.05) is 0 Å². The maximum absolute atomic E-state index is 9.16. The highest BCUT2D eigenvalue weighted by Crippen LogP contribution is 2.26. The fourth-order valence-corrected chi connectivity index (χ4v) is 1.10. The summed E-state index contributed by atoms with van der Waals surface area (Å²) in [6.07, 6.45) is 0.863. The fourth-order valence-electron chi connectivity index (χ4n) is 1.10. The molecule has 1 rings (SSSR count). The molecule has 0 aromatic carbocycles. The summed E-state index contributed by atoms with van der Waals surface area (Å²) in [6.45, 7) is 0. The van der Waals surface area contributed by atoms with E-state index in [9.17, 15) is 0 Å². The summed E-state index contributed by atoms with van der Waals surface area (Å²) in [4.78, 5) is 0. The Morgan fingerprint density at radius 2 is 2.22 bits per heavy atom. The summed E-state index contributed by atoms with van der Waals surface area (Å²) < 4.78 is 0. The predicted octanol–water partition coefficient (Wildman–Crippen LogP) is -0.801. The van der Waals surface area contributed by atoms with Crippen LogP contribution in [0.25, 0.3) is 0 Å². The first-order valence-electron chi connectivity index (χ1n) is 3.01. The van der Waals surface area contributed by atoms with Crippen molar-refractivity contribution in [3.05, 3.63) is 0 Å². The van der Waals surface area contributed by atoms with Gasteiger partial charge in [-0.15, -0.1) is 0 Å². The van der Waals surface area contributed by atoms with Crippen molar-refractivity contribution in [1.82, 2.24) is 5.48 Å². The van der Waals surface area contributed by atoms with Gasteiger partial charge in [-0.2, -0.15) is 5.48 Å². The minimum absolute atomic E-state index is 0.407. The molecule has 0 bridgehead atoms. The third kappa shape index (κ3) is 1.07. The number of hydrogen-bond donors (Lipinski definition) is 4. The second-order valence-corrected chi connectivity index (χ2v) is 2.44. The molecule has 0 heterocycles. The van der Waals surface area contributed by atoms with Gasteiger partial charge in [0, 0.05) is 0 Å². The zero-order valence-electron chi connectivity index (χ0n) is 5.04. The van der Waals surface area contributed by atoms with Gasteiger partial charge in [0.2, 0.25) is 0 Å². The van der Waals surface area contributed by atoms with Crippen LogP contribution >= 0.6 is 0 Å². The first-order chi connectivity index (χ1) is 4.19. The van der Waals surface area contributed by atoms with Crippen LogP contribution in [0.3, 0.4) is 0 Å². The fraction of sp³-hybridized carbons (Fsp3) is 1.00. The lowest BCUT2D eigenvalue weighted by Gasteiger charge is -2.23. The highest BCUT2D eigenvalue weighted by atomic mass is 16.5. The van der Waals surface area contributed by atoms with Crippen molar-refractivity contribution in [3.63, 3.8) is 0 Å². The summed E-state index contributed by atoms with van der Waals surface area (Å²) in [7, 11) is 0. The van der Waals surface area contributed by atoms with Crippen LogP contribution < -0.4 is 5.48 Å². The molecule has 0 aliphatic heterocycles. The lowest BCUT2D eigenvalue weighted by atomic mass is 10.2. The van der Waals surface area contributed by atoms with E-state index in [2.05, 4.69) is 0 Å². The Balaban J connectivity index is 2.56. The van der Waals surface area contributed by atoms with Gasteiger partial charge in [-0.3, -0.25) is 0 Å². The van der Waals surface area contributed by atoms with Crippen molar-refractivity contribution in [1.29, 1.82) is 0 Å². The predicted molar refractivity (Wildman–Crippen MR) is 29.7 cm³/mol. The van der Waals surface area contributed by atoms with Crippen molar-refractivity contribution >= 4 is 0 Å². The van der Waals surface area contributed by atoms with E-state index in [1.165, 1.54) is 0 Å². The topological polar surface area (TPSA) is 72.7 Å². The lowest BCUT2D eigenvalue weighted by molar-refractivity contribution is -0.145. The zero-order chi connectivity index (χ0) is 6.91. The molecule has 4 N–H and O–H groups in total. The van der Waals surface area contributed by atoms with Crippen LogP contribution in [0.1, 0.15) is 19.3 Å². The molecule has 0 radical (unpaired) electrons. The number of aliphatic hydroxyl groups is 2. The molecular formula is C5H11NO3. The van der Waals surface area contributed by atoms with E-state index >= 15 is 0 Å². The number of nitrogens with one attached hydrogen (secondary N) is 1. The Morgan fingerprint density at radius 3 is 2.44 bits per heavy atom. The smallest absolute Gasteiger partial charge is 0.163 e. The third-order valence-corrected chi connectivity index (χ3v) is 1.78. The van der Waals surface area contributed by atoms with Crippen molar-refractivity contribution in [2.75, 3.05) is 0 Å². The molecule has 9 heavy (non-hydrogen) atoms. The molecule has 0 saturated heterocycles.